The maximum Gasteiger partial charge on any atom is 0.275 e. The first-order chi connectivity index (χ1) is 14.1. The van der Waals surface area contributed by atoms with Crippen molar-refractivity contribution >= 4 is 16.7 Å². The number of aromatic nitrogens is 3. The van der Waals surface area contributed by atoms with E-state index in [1.54, 1.807) is 24.6 Å². The zero-order valence-electron chi connectivity index (χ0n) is 16.0. The van der Waals surface area contributed by atoms with Crippen LogP contribution in [0.4, 0.5) is 0 Å². The van der Waals surface area contributed by atoms with Crippen LogP contribution in [0.1, 0.15) is 11.3 Å². The van der Waals surface area contributed by atoms with Crippen molar-refractivity contribution in [3.8, 4) is 11.5 Å². The second kappa shape index (κ2) is 8.10. The van der Waals surface area contributed by atoms with E-state index in [2.05, 4.69) is 15.4 Å². The molecule has 0 spiro atoms. The van der Waals surface area contributed by atoms with Gasteiger partial charge < -0.3 is 9.73 Å². The lowest BCUT2D eigenvalue weighted by Gasteiger charge is -2.06. The lowest BCUT2D eigenvalue weighted by atomic mass is 10.1. The van der Waals surface area contributed by atoms with Crippen LogP contribution in [0.15, 0.2) is 70.2 Å². The summed E-state index contributed by atoms with van der Waals surface area (Å²) in [6, 6.07) is 15.1. The van der Waals surface area contributed by atoms with Crippen molar-refractivity contribution in [3.05, 3.63) is 82.6 Å². The topological polar surface area (TPSA) is 90.0 Å². The van der Waals surface area contributed by atoms with E-state index in [0.717, 1.165) is 16.6 Å². The normalized spacial score (nSPS) is 10.9. The molecule has 0 saturated heterocycles. The van der Waals surface area contributed by atoms with Crippen LogP contribution in [0.2, 0.25) is 0 Å². The van der Waals surface area contributed by atoms with Gasteiger partial charge in [-0.25, -0.2) is 9.67 Å². The van der Waals surface area contributed by atoms with E-state index in [1.807, 2.05) is 43.3 Å². The molecule has 0 saturated carbocycles. The fraction of sp³-hybridized carbons (Fsp3) is 0.182. The van der Waals surface area contributed by atoms with E-state index in [-0.39, 0.29) is 18.0 Å². The number of hydrogen-bond donors (Lipinski definition) is 1. The number of oxazole rings is 1. The second-order valence-corrected chi connectivity index (χ2v) is 6.80. The van der Waals surface area contributed by atoms with E-state index in [0.29, 0.717) is 24.2 Å². The van der Waals surface area contributed by atoms with Gasteiger partial charge in [-0.2, -0.15) is 5.10 Å². The minimum Gasteiger partial charge on any atom is -0.444 e. The maximum atomic E-state index is 12.4. The molecule has 0 atom stereocenters. The molecule has 29 heavy (non-hydrogen) atoms. The zero-order chi connectivity index (χ0) is 20.2. The van der Waals surface area contributed by atoms with Crippen molar-refractivity contribution in [2.45, 2.75) is 19.9 Å². The number of carbonyl (C=O) groups is 1. The monoisotopic (exact) mass is 388 g/mol. The van der Waals surface area contributed by atoms with Gasteiger partial charge >= 0.3 is 0 Å². The highest BCUT2D eigenvalue weighted by molar-refractivity contribution is 5.81. The van der Waals surface area contributed by atoms with E-state index in [1.165, 1.54) is 10.2 Å². The quantitative estimate of drug-likeness (QED) is 0.549. The van der Waals surface area contributed by atoms with Crippen LogP contribution in [0.3, 0.4) is 0 Å². The smallest absolute Gasteiger partial charge is 0.275 e. The molecule has 7 heteroatoms. The van der Waals surface area contributed by atoms with Crippen molar-refractivity contribution in [2.24, 2.45) is 0 Å². The van der Waals surface area contributed by atoms with Gasteiger partial charge in [0.1, 0.15) is 12.8 Å². The number of carbonyl (C=O) groups excluding carboxylic acids is 1. The van der Waals surface area contributed by atoms with Gasteiger partial charge in [0, 0.05) is 23.9 Å². The third kappa shape index (κ3) is 4.24. The van der Waals surface area contributed by atoms with Crippen molar-refractivity contribution in [1.29, 1.82) is 0 Å². The number of aryl methyl sites for hydroxylation is 1. The summed E-state index contributed by atoms with van der Waals surface area (Å²) < 4.78 is 6.69. The zero-order valence-corrected chi connectivity index (χ0v) is 16.0. The summed E-state index contributed by atoms with van der Waals surface area (Å²) in [4.78, 5) is 29.1. The van der Waals surface area contributed by atoms with Gasteiger partial charge in [0.05, 0.1) is 17.3 Å². The SMILES string of the molecule is Cc1ccc(-c2nc(CCNC(=O)Cn3ncc4ccccc4c3=O)co2)cc1. The number of benzene rings is 2. The molecule has 0 aliphatic rings. The van der Waals surface area contributed by atoms with Crippen LogP contribution in [0.25, 0.3) is 22.2 Å². The van der Waals surface area contributed by atoms with Gasteiger partial charge in [-0.3, -0.25) is 9.59 Å². The number of fused-ring (bicyclic) bond motifs is 1. The third-order valence-corrected chi connectivity index (χ3v) is 4.61. The highest BCUT2D eigenvalue weighted by Crippen LogP contribution is 2.19. The Balaban J connectivity index is 1.33. The Hall–Kier alpha value is -3.74. The average molecular weight is 388 g/mol. The van der Waals surface area contributed by atoms with Gasteiger partial charge in [0.25, 0.3) is 5.56 Å². The Morgan fingerprint density at radius 3 is 2.76 bits per heavy atom. The number of nitrogens with zero attached hydrogens (tertiary/aromatic N) is 3. The Bertz CT molecular complexity index is 1210. The van der Waals surface area contributed by atoms with Gasteiger partial charge in [-0.15, -0.1) is 0 Å². The van der Waals surface area contributed by atoms with Crippen molar-refractivity contribution in [2.75, 3.05) is 6.54 Å². The molecule has 2 aromatic carbocycles. The predicted octanol–water partition coefficient (Wildman–Crippen LogP) is 2.72. The van der Waals surface area contributed by atoms with E-state index >= 15 is 0 Å². The molecular formula is C22H20N4O3. The number of amides is 1. The standard InChI is InChI=1S/C22H20N4O3/c1-15-6-8-16(9-7-15)21-25-18(14-29-21)10-11-23-20(27)13-26-22(28)19-5-3-2-4-17(19)12-24-26/h2-9,12,14H,10-11,13H2,1H3,(H,23,27). The van der Waals surface area contributed by atoms with Crippen molar-refractivity contribution < 1.29 is 9.21 Å². The van der Waals surface area contributed by atoms with Crippen LogP contribution >= 0.6 is 0 Å². The summed E-state index contributed by atoms with van der Waals surface area (Å²) in [5, 5.41) is 8.16. The summed E-state index contributed by atoms with van der Waals surface area (Å²) >= 11 is 0. The lowest BCUT2D eigenvalue weighted by Crippen LogP contribution is -2.34. The molecule has 2 heterocycles. The van der Waals surface area contributed by atoms with Crippen LogP contribution in [0.5, 0.6) is 0 Å². The van der Waals surface area contributed by atoms with Gasteiger partial charge in [0.2, 0.25) is 11.8 Å². The first-order valence-electron chi connectivity index (χ1n) is 9.33. The van der Waals surface area contributed by atoms with Crippen LogP contribution < -0.4 is 10.9 Å². The third-order valence-electron chi connectivity index (χ3n) is 4.61. The number of nitrogens with one attached hydrogen (secondary N) is 1. The second-order valence-electron chi connectivity index (χ2n) is 6.80. The Morgan fingerprint density at radius 1 is 1.14 bits per heavy atom. The molecule has 0 aliphatic heterocycles. The summed E-state index contributed by atoms with van der Waals surface area (Å²) in [6.07, 6.45) is 3.71. The Kier molecular flexibility index (Phi) is 5.20. The van der Waals surface area contributed by atoms with Crippen LogP contribution in [0, 0.1) is 6.92 Å². The first kappa shape index (κ1) is 18.6. The minimum absolute atomic E-state index is 0.128. The molecule has 0 fully saturated rings. The van der Waals surface area contributed by atoms with Gasteiger partial charge in [-0.05, 0) is 25.1 Å². The highest BCUT2D eigenvalue weighted by Gasteiger charge is 2.10. The summed E-state index contributed by atoms with van der Waals surface area (Å²) in [5.74, 6) is 0.273. The fourth-order valence-electron chi connectivity index (χ4n) is 3.01. The van der Waals surface area contributed by atoms with Crippen LogP contribution in [-0.2, 0) is 17.8 Å². The Labute approximate surface area is 167 Å². The predicted molar refractivity (Wildman–Crippen MR) is 109 cm³/mol. The number of hydrogen-bond acceptors (Lipinski definition) is 5. The largest absolute Gasteiger partial charge is 0.444 e. The fourth-order valence-corrected chi connectivity index (χ4v) is 3.01. The van der Waals surface area contributed by atoms with E-state index in [9.17, 15) is 9.59 Å². The molecule has 0 unspecified atom stereocenters. The average Bonchev–Trinajstić information content (AvgIpc) is 3.20. The molecule has 4 aromatic rings. The van der Waals surface area contributed by atoms with Gasteiger partial charge in [-0.1, -0.05) is 35.9 Å². The summed E-state index contributed by atoms with van der Waals surface area (Å²) in [5.41, 5.74) is 2.55. The lowest BCUT2D eigenvalue weighted by molar-refractivity contribution is -0.121. The molecule has 1 N–H and O–H groups in total. The highest BCUT2D eigenvalue weighted by atomic mass is 16.3. The molecule has 4 rings (SSSR count). The minimum atomic E-state index is -0.280. The summed E-state index contributed by atoms with van der Waals surface area (Å²) in [7, 11) is 0. The maximum absolute atomic E-state index is 12.4. The molecule has 0 aliphatic carbocycles. The van der Waals surface area contributed by atoms with Crippen molar-refractivity contribution in [1.82, 2.24) is 20.1 Å². The van der Waals surface area contributed by atoms with Crippen LogP contribution in [-0.4, -0.2) is 27.2 Å². The molecule has 146 valence electrons. The molecule has 7 nitrogen and oxygen atoms in total. The van der Waals surface area contributed by atoms with E-state index < -0.39 is 0 Å². The van der Waals surface area contributed by atoms with E-state index in [4.69, 9.17) is 4.42 Å². The molecular weight excluding hydrogens is 368 g/mol. The first-order valence-corrected chi connectivity index (χ1v) is 9.33. The summed E-state index contributed by atoms with van der Waals surface area (Å²) in [6.45, 7) is 2.28. The van der Waals surface area contributed by atoms with Gasteiger partial charge in [0.15, 0.2) is 0 Å². The molecule has 1 amide bonds. The molecule has 0 bridgehead atoms. The number of rotatable bonds is 6. The Morgan fingerprint density at radius 2 is 1.93 bits per heavy atom. The molecule has 0 radical (unpaired) electrons. The molecule has 2 aromatic heterocycles. The van der Waals surface area contributed by atoms with Crippen molar-refractivity contribution in [3.63, 3.8) is 0 Å².